The highest BCUT2D eigenvalue weighted by atomic mass is 35.5. The molecule has 1 fully saturated rings. The monoisotopic (exact) mass is 316 g/mol. The minimum atomic E-state index is -0.0588. The average molecular weight is 317 g/mol. The molecule has 0 heterocycles. The lowest BCUT2D eigenvalue weighted by Gasteiger charge is -2.25. The first kappa shape index (κ1) is 15.8. The molecule has 0 aromatic heterocycles. The highest BCUT2D eigenvalue weighted by Gasteiger charge is 2.23. The Morgan fingerprint density at radius 1 is 1.15 bits per heavy atom. The lowest BCUT2D eigenvalue weighted by Crippen LogP contribution is -2.09. The van der Waals surface area contributed by atoms with E-state index in [2.05, 4.69) is 0 Å². The molecule has 1 aliphatic rings. The standard InChI is InChI=1S/C16H22Cl2O2/c1-19-14-9-8-12(16(20-2)15(14)18)13(17)10-11-6-4-3-5-7-11/h8-9,11,13H,3-7,10H2,1-2H3. The van der Waals surface area contributed by atoms with E-state index in [0.717, 1.165) is 17.9 Å². The minimum Gasteiger partial charge on any atom is -0.495 e. The maximum absolute atomic E-state index is 6.61. The first-order valence-electron chi connectivity index (χ1n) is 7.21. The Hall–Kier alpha value is -0.600. The lowest BCUT2D eigenvalue weighted by molar-refractivity contribution is 0.333. The van der Waals surface area contributed by atoms with E-state index < -0.39 is 0 Å². The molecule has 0 spiro atoms. The summed E-state index contributed by atoms with van der Waals surface area (Å²) in [5.41, 5.74) is 0.963. The summed E-state index contributed by atoms with van der Waals surface area (Å²) in [4.78, 5) is 0. The van der Waals surface area contributed by atoms with Gasteiger partial charge in [0.2, 0.25) is 0 Å². The largest absolute Gasteiger partial charge is 0.495 e. The zero-order valence-corrected chi connectivity index (χ0v) is 13.6. The van der Waals surface area contributed by atoms with Crippen molar-refractivity contribution in [3.05, 3.63) is 22.7 Å². The van der Waals surface area contributed by atoms with Crippen LogP contribution in [0.25, 0.3) is 0 Å². The zero-order valence-electron chi connectivity index (χ0n) is 12.1. The molecule has 0 N–H and O–H groups in total. The van der Waals surface area contributed by atoms with Crippen molar-refractivity contribution < 1.29 is 9.47 Å². The molecule has 0 radical (unpaired) electrons. The van der Waals surface area contributed by atoms with Crippen molar-refractivity contribution in [1.29, 1.82) is 0 Å². The Morgan fingerprint density at radius 2 is 1.85 bits per heavy atom. The van der Waals surface area contributed by atoms with Crippen molar-refractivity contribution in [2.24, 2.45) is 5.92 Å². The van der Waals surface area contributed by atoms with Gasteiger partial charge < -0.3 is 9.47 Å². The summed E-state index contributed by atoms with van der Waals surface area (Å²) < 4.78 is 10.6. The highest BCUT2D eigenvalue weighted by Crippen LogP contribution is 2.44. The van der Waals surface area contributed by atoms with Gasteiger partial charge in [-0.3, -0.25) is 0 Å². The number of hydrogen-bond donors (Lipinski definition) is 0. The summed E-state index contributed by atoms with van der Waals surface area (Å²) in [5, 5.41) is 0.443. The van der Waals surface area contributed by atoms with E-state index in [1.54, 1.807) is 14.2 Å². The molecule has 0 amide bonds. The number of rotatable bonds is 5. The molecule has 1 atom stereocenters. The molecule has 1 aromatic carbocycles. The van der Waals surface area contributed by atoms with Gasteiger partial charge in [-0.25, -0.2) is 0 Å². The van der Waals surface area contributed by atoms with Crippen molar-refractivity contribution in [2.45, 2.75) is 43.9 Å². The van der Waals surface area contributed by atoms with E-state index in [0.29, 0.717) is 16.5 Å². The van der Waals surface area contributed by atoms with Crippen molar-refractivity contribution >= 4 is 23.2 Å². The molecule has 0 saturated heterocycles. The van der Waals surface area contributed by atoms with Crippen LogP contribution in [-0.4, -0.2) is 14.2 Å². The Bertz CT molecular complexity index is 442. The topological polar surface area (TPSA) is 18.5 Å². The third kappa shape index (κ3) is 3.53. The molecule has 1 unspecified atom stereocenters. The summed E-state index contributed by atoms with van der Waals surface area (Å²) in [6.45, 7) is 0. The molecule has 1 aliphatic carbocycles. The van der Waals surface area contributed by atoms with E-state index in [1.807, 2.05) is 12.1 Å². The first-order valence-corrected chi connectivity index (χ1v) is 8.03. The fourth-order valence-electron chi connectivity index (χ4n) is 3.01. The molecule has 2 nitrogen and oxygen atoms in total. The average Bonchev–Trinajstić information content (AvgIpc) is 2.47. The molecular formula is C16H22Cl2O2. The third-order valence-corrected chi connectivity index (χ3v) is 4.89. The lowest BCUT2D eigenvalue weighted by atomic mass is 9.85. The number of methoxy groups -OCH3 is 2. The van der Waals surface area contributed by atoms with Crippen LogP contribution in [0.5, 0.6) is 11.5 Å². The molecule has 0 bridgehead atoms. The molecule has 2 rings (SSSR count). The summed E-state index contributed by atoms with van der Waals surface area (Å²) in [6, 6.07) is 3.82. The number of hydrogen-bond acceptors (Lipinski definition) is 2. The van der Waals surface area contributed by atoms with Crippen LogP contribution in [0.1, 0.15) is 49.5 Å². The van der Waals surface area contributed by atoms with Gasteiger partial charge in [-0.15, -0.1) is 11.6 Å². The van der Waals surface area contributed by atoms with E-state index in [4.69, 9.17) is 32.7 Å². The fraction of sp³-hybridized carbons (Fsp3) is 0.625. The third-order valence-electron chi connectivity index (χ3n) is 4.12. The van der Waals surface area contributed by atoms with Gasteiger partial charge in [0, 0.05) is 5.56 Å². The fourth-order valence-corrected chi connectivity index (χ4v) is 3.76. The van der Waals surface area contributed by atoms with Crippen LogP contribution in [-0.2, 0) is 0 Å². The van der Waals surface area contributed by atoms with Crippen LogP contribution < -0.4 is 9.47 Å². The van der Waals surface area contributed by atoms with Crippen LogP contribution >= 0.6 is 23.2 Å². The predicted octanol–water partition coefficient (Wildman–Crippen LogP) is 5.61. The second kappa shape index (κ2) is 7.42. The van der Waals surface area contributed by atoms with Crippen LogP contribution in [0.2, 0.25) is 5.02 Å². The maximum Gasteiger partial charge on any atom is 0.145 e. The first-order chi connectivity index (χ1) is 9.67. The van der Waals surface area contributed by atoms with Gasteiger partial charge in [-0.2, -0.15) is 0 Å². The Kier molecular flexibility index (Phi) is 5.86. The van der Waals surface area contributed by atoms with Gasteiger partial charge in [0.25, 0.3) is 0 Å². The molecule has 112 valence electrons. The number of halogens is 2. The summed E-state index contributed by atoms with van der Waals surface area (Å²) in [7, 11) is 3.22. The summed E-state index contributed by atoms with van der Waals surface area (Å²) in [6.07, 6.45) is 7.58. The van der Waals surface area contributed by atoms with Gasteiger partial charge in [-0.1, -0.05) is 49.8 Å². The second-order valence-electron chi connectivity index (χ2n) is 5.41. The Balaban J connectivity index is 2.16. The molecule has 20 heavy (non-hydrogen) atoms. The number of benzene rings is 1. The van der Waals surface area contributed by atoms with Gasteiger partial charge >= 0.3 is 0 Å². The smallest absolute Gasteiger partial charge is 0.145 e. The molecular weight excluding hydrogens is 295 g/mol. The number of alkyl halides is 1. The van der Waals surface area contributed by atoms with Crippen LogP contribution in [0.3, 0.4) is 0 Å². The molecule has 4 heteroatoms. The van der Waals surface area contributed by atoms with Crippen LogP contribution in [0, 0.1) is 5.92 Å². The second-order valence-corrected chi connectivity index (χ2v) is 6.32. The number of ether oxygens (including phenoxy) is 2. The highest BCUT2D eigenvalue weighted by molar-refractivity contribution is 6.34. The van der Waals surface area contributed by atoms with Crippen molar-refractivity contribution in [2.75, 3.05) is 14.2 Å². The quantitative estimate of drug-likeness (QED) is 0.657. The van der Waals surface area contributed by atoms with Gasteiger partial charge in [0.05, 0.1) is 19.6 Å². The van der Waals surface area contributed by atoms with Crippen molar-refractivity contribution in [1.82, 2.24) is 0 Å². The van der Waals surface area contributed by atoms with Crippen LogP contribution in [0.15, 0.2) is 12.1 Å². The van der Waals surface area contributed by atoms with E-state index in [1.165, 1.54) is 32.1 Å². The SMILES string of the molecule is COc1ccc(C(Cl)CC2CCCCC2)c(OC)c1Cl. The molecule has 0 aliphatic heterocycles. The Morgan fingerprint density at radius 3 is 2.45 bits per heavy atom. The normalized spacial score (nSPS) is 17.8. The van der Waals surface area contributed by atoms with Crippen molar-refractivity contribution in [3.63, 3.8) is 0 Å². The summed E-state index contributed by atoms with van der Waals surface area (Å²) in [5.74, 6) is 1.98. The molecule has 1 aromatic rings. The zero-order chi connectivity index (χ0) is 14.5. The van der Waals surface area contributed by atoms with Gasteiger partial charge in [-0.05, 0) is 18.4 Å². The maximum atomic E-state index is 6.61. The molecule has 1 saturated carbocycles. The van der Waals surface area contributed by atoms with Crippen LogP contribution in [0.4, 0.5) is 0 Å². The minimum absolute atomic E-state index is 0.0588. The van der Waals surface area contributed by atoms with E-state index >= 15 is 0 Å². The van der Waals surface area contributed by atoms with Crippen molar-refractivity contribution in [3.8, 4) is 11.5 Å². The summed E-state index contributed by atoms with van der Waals surface area (Å²) >= 11 is 12.9. The van der Waals surface area contributed by atoms with E-state index in [9.17, 15) is 0 Å². The van der Waals surface area contributed by atoms with Gasteiger partial charge in [0.1, 0.15) is 16.5 Å². The predicted molar refractivity (Wildman–Crippen MR) is 84.3 cm³/mol. The van der Waals surface area contributed by atoms with Gasteiger partial charge in [0.15, 0.2) is 0 Å². The van der Waals surface area contributed by atoms with E-state index in [-0.39, 0.29) is 5.38 Å². The Labute approximate surface area is 131 Å².